The molecule has 0 bridgehead atoms. The molecule has 0 radical (unpaired) electrons. The van der Waals surface area contributed by atoms with Crippen LogP contribution in [0.1, 0.15) is 5.56 Å². The fraction of sp³-hybridized carbons (Fsp3) is 0.400. The minimum Gasteiger partial charge on any atom is -0.362 e. The van der Waals surface area contributed by atoms with Gasteiger partial charge in [-0.3, -0.25) is 15.4 Å². The van der Waals surface area contributed by atoms with Crippen molar-refractivity contribution < 1.29 is 9.66 Å². The zero-order valence-corrected chi connectivity index (χ0v) is 8.18. The number of non-ortho nitro benzene ring substituents is 1. The average Bonchev–Trinajstić information content (AvgIpc) is 2.71. The Balaban J connectivity index is 2.00. The second-order valence-electron chi connectivity index (χ2n) is 3.44. The summed E-state index contributed by atoms with van der Waals surface area (Å²) < 4.78 is 5.39. The van der Waals surface area contributed by atoms with Crippen LogP contribution in [-0.2, 0) is 11.2 Å². The largest absolute Gasteiger partial charge is 0.362 e. The lowest BCUT2D eigenvalue weighted by molar-refractivity contribution is -0.384. The summed E-state index contributed by atoms with van der Waals surface area (Å²) in [4.78, 5) is 10.0. The van der Waals surface area contributed by atoms with E-state index in [0.717, 1.165) is 25.1 Å². The lowest BCUT2D eigenvalue weighted by atomic mass is 10.1. The van der Waals surface area contributed by atoms with Gasteiger partial charge in [0.1, 0.15) is 6.23 Å². The van der Waals surface area contributed by atoms with Gasteiger partial charge in [-0.15, -0.1) is 0 Å². The molecule has 1 aromatic carbocycles. The highest BCUT2D eigenvalue weighted by Gasteiger charge is 2.15. The van der Waals surface area contributed by atoms with Gasteiger partial charge in [-0.05, 0) is 5.56 Å². The van der Waals surface area contributed by atoms with E-state index in [0.29, 0.717) is 0 Å². The molecular formula is C10H12N2O3. The number of hydrogen-bond acceptors (Lipinski definition) is 4. The van der Waals surface area contributed by atoms with Crippen molar-refractivity contribution in [2.75, 3.05) is 13.2 Å². The van der Waals surface area contributed by atoms with Crippen LogP contribution in [0.4, 0.5) is 5.69 Å². The molecule has 1 aliphatic heterocycles. The second kappa shape index (κ2) is 4.37. The molecule has 1 aliphatic rings. The van der Waals surface area contributed by atoms with Gasteiger partial charge in [0.05, 0.1) is 11.5 Å². The van der Waals surface area contributed by atoms with Crippen LogP contribution in [0.3, 0.4) is 0 Å². The first-order valence-corrected chi connectivity index (χ1v) is 4.84. The summed E-state index contributed by atoms with van der Waals surface area (Å²) in [7, 11) is 0. The summed E-state index contributed by atoms with van der Waals surface area (Å²) in [6.45, 7) is 1.61. The Hall–Kier alpha value is -1.46. The molecule has 0 spiro atoms. The number of benzene rings is 1. The number of nitrogens with zero attached hydrogens (tertiary/aromatic N) is 1. The molecular weight excluding hydrogens is 196 g/mol. The standard InChI is InChI=1S/C10H12N2O3/c13-12(14)9-3-1-8(2-4-9)7-10-11-5-6-15-10/h1-4,10-11H,5-7H2. The third-order valence-electron chi connectivity index (χ3n) is 2.36. The number of nitro benzene ring substituents is 1. The Kier molecular flexibility index (Phi) is 2.94. The lowest BCUT2D eigenvalue weighted by Crippen LogP contribution is -2.24. The van der Waals surface area contributed by atoms with E-state index in [9.17, 15) is 10.1 Å². The van der Waals surface area contributed by atoms with Gasteiger partial charge in [0.15, 0.2) is 0 Å². The van der Waals surface area contributed by atoms with Gasteiger partial charge in [-0.1, -0.05) is 12.1 Å². The van der Waals surface area contributed by atoms with E-state index >= 15 is 0 Å². The number of nitro groups is 1. The molecule has 1 unspecified atom stereocenters. The minimum atomic E-state index is -0.395. The van der Waals surface area contributed by atoms with E-state index in [2.05, 4.69) is 5.32 Å². The Morgan fingerprint density at radius 2 is 2.20 bits per heavy atom. The molecule has 0 aromatic heterocycles. The van der Waals surface area contributed by atoms with E-state index in [1.807, 2.05) is 0 Å². The third kappa shape index (κ3) is 2.51. The second-order valence-corrected chi connectivity index (χ2v) is 3.44. The van der Waals surface area contributed by atoms with Crippen LogP contribution in [0, 0.1) is 10.1 Å². The smallest absolute Gasteiger partial charge is 0.269 e. The van der Waals surface area contributed by atoms with Gasteiger partial charge in [-0.25, -0.2) is 0 Å². The molecule has 1 N–H and O–H groups in total. The molecule has 1 saturated heterocycles. The van der Waals surface area contributed by atoms with Crippen LogP contribution in [0.15, 0.2) is 24.3 Å². The highest BCUT2D eigenvalue weighted by molar-refractivity contribution is 5.33. The van der Waals surface area contributed by atoms with Crippen LogP contribution >= 0.6 is 0 Å². The molecule has 0 aliphatic carbocycles. The predicted octanol–water partition coefficient (Wildman–Crippen LogP) is 1.08. The molecule has 0 amide bonds. The van der Waals surface area contributed by atoms with Crippen LogP contribution in [-0.4, -0.2) is 24.3 Å². The first kappa shape index (κ1) is 10.1. The molecule has 15 heavy (non-hydrogen) atoms. The van der Waals surface area contributed by atoms with E-state index in [4.69, 9.17) is 4.74 Å². The van der Waals surface area contributed by atoms with Crippen molar-refractivity contribution in [3.63, 3.8) is 0 Å². The van der Waals surface area contributed by atoms with Gasteiger partial charge in [0.2, 0.25) is 0 Å². The summed E-state index contributed by atoms with van der Waals surface area (Å²) in [5, 5.41) is 13.6. The van der Waals surface area contributed by atoms with E-state index < -0.39 is 4.92 Å². The average molecular weight is 208 g/mol. The van der Waals surface area contributed by atoms with Crippen molar-refractivity contribution in [2.24, 2.45) is 0 Å². The number of rotatable bonds is 3. The van der Waals surface area contributed by atoms with Crippen molar-refractivity contribution in [1.82, 2.24) is 5.32 Å². The molecule has 80 valence electrons. The van der Waals surface area contributed by atoms with E-state index in [-0.39, 0.29) is 11.9 Å². The Morgan fingerprint density at radius 3 is 2.73 bits per heavy atom. The topological polar surface area (TPSA) is 64.4 Å². The normalized spacial score (nSPS) is 20.4. The van der Waals surface area contributed by atoms with E-state index in [1.54, 1.807) is 12.1 Å². The van der Waals surface area contributed by atoms with Crippen molar-refractivity contribution in [1.29, 1.82) is 0 Å². The van der Waals surface area contributed by atoms with Crippen molar-refractivity contribution in [3.05, 3.63) is 39.9 Å². The summed E-state index contributed by atoms with van der Waals surface area (Å²) in [6.07, 6.45) is 0.796. The summed E-state index contributed by atoms with van der Waals surface area (Å²) in [5.74, 6) is 0. The monoisotopic (exact) mass is 208 g/mol. The number of ether oxygens (including phenoxy) is 1. The molecule has 1 fully saturated rings. The Labute approximate surface area is 87.2 Å². The van der Waals surface area contributed by atoms with Crippen molar-refractivity contribution >= 4 is 5.69 Å². The maximum atomic E-state index is 10.4. The molecule has 0 saturated carbocycles. The predicted molar refractivity (Wildman–Crippen MR) is 54.5 cm³/mol. The maximum Gasteiger partial charge on any atom is 0.269 e. The number of hydrogen-bond donors (Lipinski definition) is 1. The quantitative estimate of drug-likeness (QED) is 0.596. The molecule has 1 aromatic rings. The van der Waals surface area contributed by atoms with Gasteiger partial charge in [-0.2, -0.15) is 0 Å². The number of nitrogens with one attached hydrogen (secondary N) is 1. The summed E-state index contributed by atoms with van der Waals surface area (Å²) in [6, 6.07) is 6.57. The zero-order chi connectivity index (χ0) is 10.7. The van der Waals surface area contributed by atoms with Crippen LogP contribution in [0.25, 0.3) is 0 Å². The Morgan fingerprint density at radius 1 is 1.47 bits per heavy atom. The van der Waals surface area contributed by atoms with Gasteiger partial charge in [0.25, 0.3) is 5.69 Å². The summed E-state index contributed by atoms with van der Waals surface area (Å²) >= 11 is 0. The molecule has 5 nitrogen and oxygen atoms in total. The first-order chi connectivity index (χ1) is 7.25. The van der Waals surface area contributed by atoms with Gasteiger partial charge in [0, 0.05) is 25.1 Å². The first-order valence-electron chi connectivity index (χ1n) is 4.84. The minimum absolute atomic E-state index is 0.0476. The van der Waals surface area contributed by atoms with Gasteiger partial charge >= 0.3 is 0 Å². The SMILES string of the molecule is O=[N+]([O-])c1ccc(CC2NCCO2)cc1. The maximum absolute atomic E-state index is 10.4. The summed E-state index contributed by atoms with van der Waals surface area (Å²) in [5.41, 5.74) is 1.17. The molecule has 5 heteroatoms. The molecule has 1 atom stereocenters. The van der Waals surface area contributed by atoms with Crippen molar-refractivity contribution in [3.8, 4) is 0 Å². The highest BCUT2D eigenvalue weighted by Crippen LogP contribution is 2.14. The zero-order valence-electron chi connectivity index (χ0n) is 8.18. The van der Waals surface area contributed by atoms with Gasteiger partial charge < -0.3 is 4.74 Å². The fourth-order valence-corrected chi connectivity index (χ4v) is 1.58. The lowest BCUT2D eigenvalue weighted by Gasteiger charge is -2.09. The molecule has 2 rings (SSSR count). The highest BCUT2D eigenvalue weighted by atomic mass is 16.6. The van der Waals surface area contributed by atoms with Crippen LogP contribution in [0.5, 0.6) is 0 Å². The Bertz CT molecular complexity index is 344. The van der Waals surface area contributed by atoms with Crippen molar-refractivity contribution in [2.45, 2.75) is 12.6 Å². The van der Waals surface area contributed by atoms with Crippen LogP contribution < -0.4 is 5.32 Å². The fourth-order valence-electron chi connectivity index (χ4n) is 1.58. The van der Waals surface area contributed by atoms with Crippen LogP contribution in [0.2, 0.25) is 0 Å². The van der Waals surface area contributed by atoms with E-state index in [1.165, 1.54) is 12.1 Å². The third-order valence-corrected chi connectivity index (χ3v) is 2.36. The molecule has 1 heterocycles.